The minimum atomic E-state index is -1.91. The van der Waals surface area contributed by atoms with E-state index in [1.54, 1.807) is 24.4 Å². The van der Waals surface area contributed by atoms with Gasteiger partial charge in [-0.05, 0) is 18.2 Å². The van der Waals surface area contributed by atoms with E-state index in [1.807, 2.05) is 0 Å². The molecule has 2 aromatic carbocycles. The predicted octanol–water partition coefficient (Wildman–Crippen LogP) is 1.90. The van der Waals surface area contributed by atoms with Crippen molar-refractivity contribution in [3.05, 3.63) is 54.0 Å². The van der Waals surface area contributed by atoms with E-state index < -0.39 is 41.5 Å². The molecule has 2 heterocycles. The van der Waals surface area contributed by atoms with Crippen LogP contribution in [-0.4, -0.2) is 47.3 Å². The molecule has 0 bridgehead atoms. The van der Waals surface area contributed by atoms with Crippen molar-refractivity contribution >= 4 is 39.8 Å². The predicted molar refractivity (Wildman–Crippen MR) is 106 cm³/mol. The number of ether oxygens (including phenoxy) is 1. The lowest BCUT2D eigenvalue weighted by Crippen LogP contribution is -2.55. The highest BCUT2D eigenvalue weighted by atomic mass is 19.2. The second kappa shape index (κ2) is 7.93. The average Bonchev–Trinajstić information content (AvgIpc) is 3.11. The summed E-state index contributed by atoms with van der Waals surface area (Å²) >= 11 is 0. The van der Waals surface area contributed by atoms with Gasteiger partial charge in [0, 0.05) is 47.0 Å². The fourth-order valence-electron chi connectivity index (χ4n) is 3.38. The second-order valence-electron chi connectivity index (χ2n) is 6.94. The summed E-state index contributed by atoms with van der Waals surface area (Å²) in [7, 11) is 0. The zero-order valence-corrected chi connectivity index (χ0v) is 15.9. The Hall–Kier alpha value is -3.57. The Morgan fingerprint density at radius 3 is 2.68 bits per heavy atom. The molecule has 2 amide bonds. The number of anilines is 3. The zero-order valence-electron chi connectivity index (χ0n) is 15.9. The molecule has 0 saturated carbocycles. The number of aliphatic hydroxyl groups excluding tert-OH is 1. The standard InChI is InChI=1S/C20H17F3N4O4/c21-13-6-11(7-14(22)15(13)23)27-3-4-31-17(20(27)30)16(28)19(29)26-10-1-2-12-9(5-10)8-25-18(12)24/h1-2,5-8,16-17,25,28H,3-4,24H2,(H,26,29)/t16-,17-/m1/s1. The topological polar surface area (TPSA) is 121 Å². The molecule has 1 fully saturated rings. The van der Waals surface area contributed by atoms with Crippen LogP contribution in [0.3, 0.4) is 0 Å². The molecule has 31 heavy (non-hydrogen) atoms. The molecule has 2 atom stereocenters. The molecule has 5 N–H and O–H groups in total. The number of aromatic amines is 1. The lowest BCUT2D eigenvalue weighted by Gasteiger charge is -2.34. The number of aliphatic hydroxyl groups is 1. The number of nitrogen functional groups attached to an aromatic ring is 1. The number of amides is 2. The maximum Gasteiger partial charge on any atom is 0.259 e. The molecule has 1 saturated heterocycles. The van der Waals surface area contributed by atoms with Gasteiger partial charge in [0.25, 0.3) is 11.8 Å². The first-order valence-corrected chi connectivity index (χ1v) is 9.19. The normalized spacial score (nSPS) is 17.7. The van der Waals surface area contributed by atoms with E-state index in [9.17, 15) is 27.9 Å². The van der Waals surface area contributed by atoms with Gasteiger partial charge in [-0.3, -0.25) is 9.59 Å². The number of hydrogen-bond acceptors (Lipinski definition) is 5. The van der Waals surface area contributed by atoms with Crippen LogP contribution in [0.5, 0.6) is 0 Å². The highest BCUT2D eigenvalue weighted by Crippen LogP contribution is 2.26. The molecule has 0 radical (unpaired) electrons. The lowest BCUT2D eigenvalue weighted by molar-refractivity contribution is -0.150. The molecule has 4 rings (SSSR count). The van der Waals surface area contributed by atoms with E-state index in [1.165, 1.54) is 0 Å². The van der Waals surface area contributed by atoms with Gasteiger partial charge in [0.2, 0.25) is 0 Å². The van der Waals surface area contributed by atoms with Crippen molar-refractivity contribution < 1.29 is 32.6 Å². The van der Waals surface area contributed by atoms with Gasteiger partial charge in [0.05, 0.1) is 6.61 Å². The van der Waals surface area contributed by atoms with E-state index in [2.05, 4.69) is 10.3 Å². The van der Waals surface area contributed by atoms with Crippen LogP contribution in [0.15, 0.2) is 36.5 Å². The average molecular weight is 434 g/mol. The maximum atomic E-state index is 13.6. The van der Waals surface area contributed by atoms with Crippen LogP contribution in [0.1, 0.15) is 0 Å². The third kappa shape index (κ3) is 3.80. The number of nitrogens with zero attached hydrogens (tertiary/aromatic N) is 1. The summed E-state index contributed by atoms with van der Waals surface area (Å²) in [6.45, 7) is -0.213. The molecule has 0 unspecified atom stereocenters. The molecule has 0 spiro atoms. The van der Waals surface area contributed by atoms with Crippen molar-refractivity contribution in [2.24, 2.45) is 0 Å². The molecule has 1 aliphatic rings. The molecule has 8 nitrogen and oxygen atoms in total. The summed E-state index contributed by atoms with van der Waals surface area (Å²) in [5.41, 5.74) is 5.86. The Bertz CT molecular complexity index is 1160. The number of fused-ring (bicyclic) bond motifs is 1. The van der Waals surface area contributed by atoms with Crippen molar-refractivity contribution in [3.8, 4) is 0 Å². The lowest BCUT2D eigenvalue weighted by atomic mass is 10.1. The molecule has 11 heteroatoms. The number of halogens is 3. The number of carbonyl (C=O) groups excluding carboxylic acids is 2. The Balaban J connectivity index is 1.51. The maximum absolute atomic E-state index is 13.6. The Morgan fingerprint density at radius 1 is 1.26 bits per heavy atom. The number of H-pyrrole nitrogens is 1. The first-order chi connectivity index (χ1) is 14.8. The van der Waals surface area contributed by atoms with E-state index >= 15 is 0 Å². The van der Waals surface area contributed by atoms with Gasteiger partial charge in [-0.1, -0.05) is 0 Å². The highest BCUT2D eigenvalue weighted by molar-refractivity contribution is 6.04. The van der Waals surface area contributed by atoms with Crippen LogP contribution in [-0.2, 0) is 14.3 Å². The van der Waals surface area contributed by atoms with Gasteiger partial charge >= 0.3 is 0 Å². The van der Waals surface area contributed by atoms with Crippen molar-refractivity contribution in [3.63, 3.8) is 0 Å². The summed E-state index contributed by atoms with van der Waals surface area (Å²) in [5.74, 6) is -5.95. The van der Waals surface area contributed by atoms with Crippen molar-refractivity contribution in [1.82, 2.24) is 4.98 Å². The molecular weight excluding hydrogens is 417 g/mol. The van der Waals surface area contributed by atoms with E-state index in [-0.39, 0.29) is 18.8 Å². The Kier molecular flexibility index (Phi) is 5.29. The number of morpholine rings is 1. The number of aromatic nitrogens is 1. The summed E-state index contributed by atoms with van der Waals surface area (Å²) in [5, 5.41) is 14.3. The van der Waals surface area contributed by atoms with Crippen LogP contribution < -0.4 is 16.0 Å². The van der Waals surface area contributed by atoms with Gasteiger partial charge in [0.15, 0.2) is 29.7 Å². The summed E-state index contributed by atoms with van der Waals surface area (Å²) in [6, 6.07) is 6.17. The monoisotopic (exact) mass is 434 g/mol. The van der Waals surface area contributed by atoms with Crippen LogP contribution in [0.25, 0.3) is 10.8 Å². The minimum absolute atomic E-state index is 0.0975. The van der Waals surface area contributed by atoms with Crippen LogP contribution in [0, 0.1) is 17.5 Å². The number of carbonyl (C=O) groups is 2. The molecule has 162 valence electrons. The molecule has 3 aromatic rings. The first kappa shape index (κ1) is 20.7. The Morgan fingerprint density at radius 2 is 1.97 bits per heavy atom. The third-order valence-corrected chi connectivity index (χ3v) is 4.95. The summed E-state index contributed by atoms with van der Waals surface area (Å²) < 4.78 is 45.6. The van der Waals surface area contributed by atoms with Crippen molar-refractivity contribution in [2.45, 2.75) is 12.2 Å². The van der Waals surface area contributed by atoms with Crippen molar-refractivity contribution in [2.75, 3.05) is 29.1 Å². The van der Waals surface area contributed by atoms with Gasteiger partial charge in [0.1, 0.15) is 5.82 Å². The molecule has 0 aliphatic carbocycles. The smallest absolute Gasteiger partial charge is 0.259 e. The quantitative estimate of drug-likeness (QED) is 0.468. The third-order valence-electron chi connectivity index (χ3n) is 4.95. The highest BCUT2D eigenvalue weighted by Gasteiger charge is 2.39. The first-order valence-electron chi connectivity index (χ1n) is 9.19. The minimum Gasteiger partial charge on any atom is -0.385 e. The number of nitrogens with two attached hydrogens (primary N) is 1. The van der Waals surface area contributed by atoms with Crippen LogP contribution >= 0.6 is 0 Å². The molecule has 1 aromatic heterocycles. The summed E-state index contributed by atoms with van der Waals surface area (Å²) in [4.78, 5) is 29.0. The second-order valence-corrected chi connectivity index (χ2v) is 6.94. The Labute approximate surface area is 173 Å². The number of benzene rings is 2. The van der Waals surface area contributed by atoms with Gasteiger partial charge in [-0.2, -0.15) is 0 Å². The largest absolute Gasteiger partial charge is 0.385 e. The van der Waals surface area contributed by atoms with E-state index in [0.717, 1.165) is 15.7 Å². The molecule has 1 aliphatic heterocycles. The summed E-state index contributed by atoms with van der Waals surface area (Å²) in [6.07, 6.45) is -1.88. The van der Waals surface area contributed by atoms with Crippen molar-refractivity contribution in [1.29, 1.82) is 0 Å². The van der Waals surface area contributed by atoms with E-state index in [4.69, 9.17) is 10.5 Å². The zero-order chi connectivity index (χ0) is 22.3. The SMILES string of the molecule is Nc1[nH]cc2cc(NC(=O)[C@H](O)[C@H]3OCCN(c4cc(F)c(F)c(F)c4)C3=O)ccc12. The number of hydrogen-bond donors (Lipinski definition) is 4. The van der Waals surface area contributed by atoms with Crippen LogP contribution in [0.4, 0.5) is 30.4 Å². The number of nitrogens with one attached hydrogen (secondary N) is 2. The van der Waals surface area contributed by atoms with Gasteiger partial charge in [-0.15, -0.1) is 0 Å². The number of rotatable bonds is 4. The van der Waals surface area contributed by atoms with Gasteiger partial charge < -0.3 is 30.8 Å². The van der Waals surface area contributed by atoms with Crippen LogP contribution in [0.2, 0.25) is 0 Å². The molecular formula is C20H17F3N4O4. The van der Waals surface area contributed by atoms with E-state index in [0.29, 0.717) is 23.6 Å². The fourth-order valence-corrected chi connectivity index (χ4v) is 3.38. The van der Waals surface area contributed by atoms with Gasteiger partial charge in [-0.25, -0.2) is 13.2 Å². The fraction of sp³-hybridized carbons (Fsp3) is 0.200.